The minimum atomic E-state index is -0.778. The quantitative estimate of drug-likeness (QED) is 0.0270. The zero-order valence-corrected chi connectivity index (χ0v) is 34.6. The maximum atomic E-state index is 12.7. The van der Waals surface area contributed by atoms with Crippen molar-refractivity contribution in [3.8, 4) is 0 Å². The van der Waals surface area contributed by atoms with Gasteiger partial charge in [-0.3, -0.25) is 14.4 Å². The molecule has 52 heavy (non-hydrogen) atoms. The zero-order valence-electron chi connectivity index (χ0n) is 34.6. The minimum absolute atomic E-state index is 0.0804. The normalized spacial score (nSPS) is 12.1. The third-order valence-corrected chi connectivity index (χ3v) is 9.68. The van der Waals surface area contributed by atoms with Crippen LogP contribution in [-0.2, 0) is 28.6 Å². The molecule has 1 unspecified atom stereocenters. The molecule has 0 amide bonds. The summed E-state index contributed by atoms with van der Waals surface area (Å²) < 4.78 is 16.6. The largest absolute Gasteiger partial charge is 0.462 e. The highest BCUT2D eigenvalue weighted by Gasteiger charge is 2.19. The molecule has 6 nitrogen and oxygen atoms in total. The van der Waals surface area contributed by atoms with Gasteiger partial charge in [0.25, 0.3) is 0 Å². The summed E-state index contributed by atoms with van der Waals surface area (Å²) in [6, 6.07) is 0. The summed E-state index contributed by atoms with van der Waals surface area (Å²) in [5.74, 6) is -0.925. The first-order valence-electron chi connectivity index (χ1n) is 22.3. The predicted molar refractivity (Wildman–Crippen MR) is 219 cm³/mol. The number of allylic oxidation sites excluding steroid dienone is 4. The standard InChI is InChI=1S/C46H84O6/c1-4-7-10-13-16-19-21-22-23-25-27-30-33-36-39-45(48)51-42-43(41-50-44(47)38-35-32-29-26-18-15-12-9-6-3)52-46(49)40-37-34-31-28-24-20-17-14-11-8-5-2/h14,17,26,29,43H,4-13,15-16,18-25,27-28,30-42H2,1-3H3/b17-14-,29-26-. The molecule has 6 heteroatoms. The molecule has 0 aliphatic heterocycles. The summed E-state index contributed by atoms with van der Waals surface area (Å²) in [6.07, 6.45) is 44.5. The van der Waals surface area contributed by atoms with E-state index in [0.29, 0.717) is 19.3 Å². The molecule has 0 spiro atoms. The van der Waals surface area contributed by atoms with Gasteiger partial charge in [0.1, 0.15) is 13.2 Å². The van der Waals surface area contributed by atoms with Crippen molar-refractivity contribution in [2.75, 3.05) is 13.2 Å². The van der Waals surface area contributed by atoms with E-state index in [1.165, 1.54) is 122 Å². The molecule has 0 aromatic heterocycles. The second kappa shape index (κ2) is 41.6. The van der Waals surface area contributed by atoms with E-state index in [1.54, 1.807) is 0 Å². The van der Waals surface area contributed by atoms with E-state index < -0.39 is 6.10 Å². The van der Waals surface area contributed by atoms with Crippen LogP contribution in [0.15, 0.2) is 24.3 Å². The lowest BCUT2D eigenvalue weighted by Gasteiger charge is -2.18. The molecule has 0 aliphatic carbocycles. The zero-order chi connectivity index (χ0) is 38.0. The highest BCUT2D eigenvalue weighted by atomic mass is 16.6. The maximum absolute atomic E-state index is 12.7. The Morgan fingerprint density at radius 2 is 0.673 bits per heavy atom. The molecule has 0 saturated heterocycles. The molecular weight excluding hydrogens is 648 g/mol. The molecule has 304 valence electrons. The summed E-state index contributed by atoms with van der Waals surface area (Å²) in [5, 5.41) is 0. The van der Waals surface area contributed by atoms with Gasteiger partial charge < -0.3 is 14.2 Å². The number of rotatable bonds is 40. The molecule has 0 bridgehead atoms. The number of carbonyl (C=O) groups is 3. The van der Waals surface area contributed by atoms with Gasteiger partial charge >= 0.3 is 17.9 Å². The number of carbonyl (C=O) groups excluding carboxylic acids is 3. The number of esters is 3. The number of ether oxygens (including phenoxy) is 3. The summed E-state index contributed by atoms with van der Waals surface area (Å²) >= 11 is 0. The summed E-state index contributed by atoms with van der Waals surface area (Å²) in [4.78, 5) is 37.6. The Balaban J connectivity index is 4.35. The van der Waals surface area contributed by atoms with Crippen LogP contribution in [0.25, 0.3) is 0 Å². The predicted octanol–water partition coefficient (Wildman–Crippen LogP) is 14.0. The fraction of sp³-hybridized carbons (Fsp3) is 0.848. The average Bonchev–Trinajstić information content (AvgIpc) is 3.14. The lowest BCUT2D eigenvalue weighted by Crippen LogP contribution is -2.30. The lowest BCUT2D eigenvalue weighted by molar-refractivity contribution is -0.167. The van der Waals surface area contributed by atoms with Crippen LogP contribution in [0.5, 0.6) is 0 Å². The van der Waals surface area contributed by atoms with E-state index in [9.17, 15) is 14.4 Å². The Morgan fingerprint density at radius 1 is 0.365 bits per heavy atom. The fourth-order valence-electron chi connectivity index (χ4n) is 6.25. The van der Waals surface area contributed by atoms with E-state index in [1.807, 2.05) is 0 Å². The van der Waals surface area contributed by atoms with Gasteiger partial charge in [-0.1, -0.05) is 180 Å². The maximum Gasteiger partial charge on any atom is 0.306 e. The summed E-state index contributed by atoms with van der Waals surface area (Å²) in [5.41, 5.74) is 0. The Labute approximate surface area is 322 Å². The summed E-state index contributed by atoms with van der Waals surface area (Å²) in [7, 11) is 0. The van der Waals surface area contributed by atoms with Crippen molar-refractivity contribution in [2.24, 2.45) is 0 Å². The topological polar surface area (TPSA) is 78.9 Å². The van der Waals surface area contributed by atoms with Crippen molar-refractivity contribution >= 4 is 17.9 Å². The molecule has 0 fully saturated rings. The van der Waals surface area contributed by atoms with Gasteiger partial charge in [-0.05, 0) is 57.8 Å². The van der Waals surface area contributed by atoms with Crippen LogP contribution in [0.4, 0.5) is 0 Å². The van der Waals surface area contributed by atoms with Crippen LogP contribution in [0.2, 0.25) is 0 Å². The van der Waals surface area contributed by atoms with Crippen molar-refractivity contribution in [2.45, 2.75) is 239 Å². The van der Waals surface area contributed by atoms with Crippen molar-refractivity contribution in [3.05, 3.63) is 24.3 Å². The Hall–Kier alpha value is -2.11. The van der Waals surface area contributed by atoms with Crippen LogP contribution in [0, 0.1) is 0 Å². The molecule has 0 N–H and O–H groups in total. The molecule has 0 aliphatic rings. The number of hydrogen-bond donors (Lipinski definition) is 0. The first-order valence-corrected chi connectivity index (χ1v) is 22.3. The van der Waals surface area contributed by atoms with Crippen LogP contribution in [0.3, 0.4) is 0 Å². The van der Waals surface area contributed by atoms with Crippen molar-refractivity contribution in [1.29, 1.82) is 0 Å². The van der Waals surface area contributed by atoms with Crippen molar-refractivity contribution in [3.63, 3.8) is 0 Å². The van der Waals surface area contributed by atoms with E-state index in [2.05, 4.69) is 45.1 Å². The molecule has 0 aromatic carbocycles. The summed E-state index contributed by atoms with van der Waals surface area (Å²) in [6.45, 7) is 6.53. The van der Waals surface area contributed by atoms with E-state index in [4.69, 9.17) is 14.2 Å². The van der Waals surface area contributed by atoms with Gasteiger partial charge in [-0.2, -0.15) is 0 Å². The first-order chi connectivity index (χ1) is 25.5. The smallest absolute Gasteiger partial charge is 0.306 e. The molecule has 0 rings (SSSR count). The van der Waals surface area contributed by atoms with Gasteiger partial charge in [-0.25, -0.2) is 0 Å². The first kappa shape index (κ1) is 49.9. The lowest BCUT2D eigenvalue weighted by atomic mass is 10.0. The molecular formula is C46H84O6. The van der Waals surface area contributed by atoms with E-state index in [-0.39, 0.29) is 31.1 Å². The van der Waals surface area contributed by atoms with Crippen LogP contribution >= 0.6 is 0 Å². The van der Waals surface area contributed by atoms with Crippen molar-refractivity contribution in [1.82, 2.24) is 0 Å². The third kappa shape index (κ3) is 39.1. The van der Waals surface area contributed by atoms with Gasteiger partial charge in [0, 0.05) is 19.3 Å². The van der Waals surface area contributed by atoms with Crippen LogP contribution < -0.4 is 0 Å². The van der Waals surface area contributed by atoms with Crippen LogP contribution in [0.1, 0.15) is 233 Å². The molecule has 0 radical (unpaired) electrons. The SMILES string of the molecule is CCCC/C=C\CCCCCCCC(=O)OC(COC(=O)CCC/C=C\CCCCCC)COC(=O)CCCCCCCCCCCCCCCC. The van der Waals surface area contributed by atoms with Crippen molar-refractivity contribution < 1.29 is 28.6 Å². The molecule has 0 heterocycles. The third-order valence-electron chi connectivity index (χ3n) is 9.68. The van der Waals surface area contributed by atoms with Crippen LogP contribution in [-0.4, -0.2) is 37.2 Å². The van der Waals surface area contributed by atoms with Gasteiger partial charge in [-0.15, -0.1) is 0 Å². The monoisotopic (exact) mass is 733 g/mol. The Bertz CT molecular complexity index is 850. The van der Waals surface area contributed by atoms with Gasteiger partial charge in [0.05, 0.1) is 0 Å². The fourth-order valence-corrected chi connectivity index (χ4v) is 6.25. The molecule has 1 atom stereocenters. The number of hydrogen-bond acceptors (Lipinski definition) is 6. The second-order valence-corrected chi connectivity index (χ2v) is 15.0. The van der Waals surface area contributed by atoms with E-state index >= 15 is 0 Å². The highest BCUT2D eigenvalue weighted by molar-refractivity contribution is 5.71. The highest BCUT2D eigenvalue weighted by Crippen LogP contribution is 2.15. The van der Waals surface area contributed by atoms with Gasteiger partial charge in [0.15, 0.2) is 6.10 Å². The Morgan fingerprint density at radius 3 is 1.12 bits per heavy atom. The average molecular weight is 733 g/mol. The minimum Gasteiger partial charge on any atom is -0.462 e. The molecule has 0 saturated carbocycles. The number of unbranched alkanes of at least 4 members (excludes halogenated alkanes) is 25. The van der Waals surface area contributed by atoms with E-state index in [0.717, 1.165) is 70.6 Å². The Kier molecular flexibility index (Phi) is 40.0. The molecule has 0 aromatic rings. The second-order valence-electron chi connectivity index (χ2n) is 15.0. The van der Waals surface area contributed by atoms with Gasteiger partial charge in [0.2, 0.25) is 0 Å².